The van der Waals surface area contributed by atoms with E-state index in [2.05, 4.69) is 76.3 Å². The van der Waals surface area contributed by atoms with Crippen molar-refractivity contribution < 1.29 is 18.7 Å². The molecule has 0 spiro atoms. The number of carbonyl (C=O) groups is 1. The lowest BCUT2D eigenvalue weighted by Gasteiger charge is -2.36. The molecule has 5 heterocycles. The average molecular weight is 744 g/mol. The van der Waals surface area contributed by atoms with Crippen molar-refractivity contribution in [1.29, 1.82) is 0 Å². The average Bonchev–Trinajstić information content (AvgIpc) is 3.82. The van der Waals surface area contributed by atoms with Crippen LogP contribution in [0.5, 0.6) is 0 Å². The van der Waals surface area contributed by atoms with Gasteiger partial charge in [-0.05, 0) is 93.4 Å². The van der Waals surface area contributed by atoms with Crippen molar-refractivity contribution in [3.63, 3.8) is 0 Å². The SMILES string of the molecule is Cc1cc(-c2nc(-c3nc(C(=O)NCc4ccc(C)c(C)c4)cc4c3cnn4C)c(CO[Si](C)(C)C(C)(C)C)s2)n(CCCOC2CCCCO2)n1. The van der Waals surface area contributed by atoms with Gasteiger partial charge in [0.2, 0.25) is 0 Å². The van der Waals surface area contributed by atoms with E-state index in [0.717, 1.165) is 70.0 Å². The zero-order chi connectivity index (χ0) is 37.2. The summed E-state index contributed by atoms with van der Waals surface area (Å²) >= 11 is 1.59. The molecule has 1 saturated heterocycles. The first-order valence-electron chi connectivity index (χ1n) is 18.3. The van der Waals surface area contributed by atoms with Crippen LogP contribution >= 0.6 is 11.3 Å². The van der Waals surface area contributed by atoms with Gasteiger partial charge in [-0.15, -0.1) is 11.3 Å². The number of hydrogen-bond donors (Lipinski definition) is 1. The normalized spacial score (nSPS) is 15.4. The smallest absolute Gasteiger partial charge is 0.270 e. The molecule has 0 aliphatic carbocycles. The highest BCUT2D eigenvalue weighted by Crippen LogP contribution is 2.41. The third-order valence-electron chi connectivity index (χ3n) is 10.4. The summed E-state index contributed by atoms with van der Waals surface area (Å²) < 4.78 is 22.4. The van der Waals surface area contributed by atoms with E-state index in [4.69, 9.17) is 29.0 Å². The number of rotatable bonds is 13. The van der Waals surface area contributed by atoms with Crippen LogP contribution in [-0.4, -0.2) is 63.3 Å². The van der Waals surface area contributed by atoms with Crippen molar-refractivity contribution >= 4 is 36.5 Å². The summed E-state index contributed by atoms with van der Waals surface area (Å²) in [5.41, 5.74) is 7.71. The van der Waals surface area contributed by atoms with E-state index in [0.29, 0.717) is 43.4 Å². The number of thiazole rings is 1. The molecule has 1 fully saturated rings. The lowest BCUT2D eigenvalue weighted by Crippen LogP contribution is -2.40. The van der Waals surface area contributed by atoms with E-state index >= 15 is 0 Å². The van der Waals surface area contributed by atoms with Gasteiger partial charge in [0, 0.05) is 32.1 Å². The van der Waals surface area contributed by atoms with Crippen molar-refractivity contribution in [3.8, 4) is 22.1 Å². The third-order valence-corrected chi connectivity index (χ3v) is 15.9. The van der Waals surface area contributed by atoms with E-state index in [1.165, 1.54) is 11.1 Å². The van der Waals surface area contributed by atoms with Crippen LogP contribution in [-0.2, 0) is 40.6 Å². The molecule has 5 aromatic rings. The first-order valence-corrected chi connectivity index (χ1v) is 22.0. The number of nitrogens with zero attached hydrogens (tertiary/aromatic N) is 6. The standard InChI is InChI=1S/C39H53N7O4SSi/c1-25-14-15-28(19-26(25)2)22-40-37(47)30-21-31-29(23-41-45(31)7)35(42-30)36-33(24-50-52(8,9)39(4,5)6)51-38(43-36)32-20-27(3)44-46(32)16-12-18-49-34-13-10-11-17-48-34/h14-15,19-21,23,34H,10-13,16-18,22,24H2,1-9H3,(H,40,47). The summed E-state index contributed by atoms with van der Waals surface area (Å²) in [5.74, 6) is -0.258. The van der Waals surface area contributed by atoms with E-state index in [-0.39, 0.29) is 17.2 Å². The number of hydrogen-bond acceptors (Lipinski definition) is 9. The summed E-state index contributed by atoms with van der Waals surface area (Å²) in [6, 6.07) is 10.1. The Balaban J connectivity index is 1.34. The summed E-state index contributed by atoms with van der Waals surface area (Å²) in [7, 11) is -0.240. The van der Waals surface area contributed by atoms with E-state index in [1.54, 1.807) is 28.3 Å². The van der Waals surface area contributed by atoms with Crippen LogP contribution in [0, 0.1) is 20.8 Å². The summed E-state index contributed by atoms with van der Waals surface area (Å²) in [4.78, 5) is 24.9. The minimum atomic E-state index is -2.12. The first kappa shape index (κ1) is 38.0. The molecule has 1 aliphatic rings. The first-order chi connectivity index (χ1) is 24.7. The molecule has 0 bridgehead atoms. The van der Waals surface area contributed by atoms with Crippen LogP contribution in [0.15, 0.2) is 36.5 Å². The van der Waals surface area contributed by atoms with Crippen molar-refractivity contribution in [2.45, 2.75) is 111 Å². The molecule has 1 atom stereocenters. The molecular weight excluding hydrogens is 691 g/mol. The predicted octanol–water partition coefficient (Wildman–Crippen LogP) is 8.27. The van der Waals surface area contributed by atoms with Crippen LogP contribution in [0.3, 0.4) is 0 Å². The second-order valence-electron chi connectivity index (χ2n) is 15.4. The summed E-state index contributed by atoms with van der Waals surface area (Å²) in [6.07, 6.45) is 5.67. The fourth-order valence-corrected chi connectivity index (χ4v) is 8.03. The Morgan fingerprint density at radius 1 is 1.08 bits per heavy atom. The van der Waals surface area contributed by atoms with Crippen LogP contribution in [0.1, 0.15) is 84.2 Å². The Hall–Kier alpha value is -3.75. The molecule has 278 valence electrons. The van der Waals surface area contributed by atoms with E-state index in [9.17, 15) is 4.79 Å². The second kappa shape index (κ2) is 15.7. The molecular formula is C39H53N7O4SSi. The number of aromatic nitrogens is 6. The number of aryl methyl sites for hydroxylation is 5. The zero-order valence-electron chi connectivity index (χ0n) is 32.1. The van der Waals surface area contributed by atoms with Gasteiger partial charge in [0.1, 0.15) is 22.1 Å². The number of carbonyl (C=O) groups excluding carboxylic acids is 1. The van der Waals surface area contributed by atoms with Gasteiger partial charge in [-0.3, -0.25) is 14.2 Å². The molecule has 1 N–H and O–H groups in total. The molecule has 13 heteroatoms. The van der Waals surface area contributed by atoms with Gasteiger partial charge in [0.25, 0.3) is 5.91 Å². The molecule has 11 nitrogen and oxygen atoms in total. The van der Waals surface area contributed by atoms with Crippen LogP contribution < -0.4 is 5.32 Å². The monoisotopic (exact) mass is 743 g/mol. The Labute approximate surface area is 312 Å². The Bertz CT molecular complexity index is 2040. The number of ether oxygens (including phenoxy) is 2. The number of pyridine rings is 1. The fourth-order valence-electron chi connectivity index (χ4n) is 5.99. The van der Waals surface area contributed by atoms with Gasteiger partial charge in [-0.2, -0.15) is 10.2 Å². The van der Waals surface area contributed by atoms with Crippen LogP contribution in [0.2, 0.25) is 18.1 Å². The van der Waals surface area contributed by atoms with Gasteiger partial charge in [-0.1, -0.05) is 39.0 Å². The highest BCUT2D eigenvalue weighted by molar-refractivity contribution is 7.15. The van der Waals surface area contributed by atoms with Crippen LogP contribution in [0.4, 0.5) is 0 Å². The summed E-state index contributed by atoms with van der Waals surface area (Å²) in [6.45, 7) is 20.2. The Kier molecular flexibility index (Phi) is 11.5. The minimum absolute atomic E-state index is 0.0318. The van der Waals surface area contributed by atoms with E-state index in [1.807, 2.05) is 24.7 Å². The van der Waals surface area contributed by atoms with Crippen molar-refractivity contribution in [3.05, 3.63) is 69.5 Å². The number of fused-ring (bicyclic) bond motifs is 1. The maximum atomic E-state index is 13.7. The number of benzene rings is 1. The quantitative estimate of drug-likeness (QED) is 0.0947. The largest absolute Gasteiger partial charge is 0.412 e. The molecule has 1 unspecified atom stereocenters. The second-order valence-corrected chi connectivity index (χ2v) is 21.3. The molecule has 0 saturated carbocycles. The fraction of sp³-hybridized carbons (Fsp3) is 0.513. The molecule has 0 radical (unpaired) electrons. The molecule has 1 amide bonds. The van der Waals surface area contributed by atoms with Gasteiger partial charge >= 0.3 is 0 Å². The molecule has 6 rings (SSSR count). The van der Waals surface area contributed by atoms with Crippen molar-refractivity contribution in [2.24, 2.45) is 7.05 Å². The molecule has 4 aromatic heterocycles. The lowest BCUT2D eigenvalue weighted by atomic mass is 10.1. The topological polar surface area (TPSA) is 118 Å². The predicted molar refractivity (Wildman–Crippen MR) is 209 cm³/mol. The maximum absolute atomic E-state index is 13.7. The lowest BCUT2D eigenvalue weighted by molar-refractivity contribution is -0.163. The highest BCUT2D eigenvalue weighted by atomic mass is 32.1. The maximum Gasteiger partial charge on any atom is 0.270 e. The van der Waals surface area contributed by atoms with Gasteiger partial charge in [-0.25, -0.2) is 9.97 Å². The molecule has 1 aromatic carbocycles. The number of amides is 1. The minimum Gasteiger partial charge on any atom is -0.412 e. The highest BCUT2D eigenvalue weighted by Gasteiger charge is 2.37. The number of nitrogens with one attached hydrogen (secondary N) is 1. The summed E-state index contributed by atoms with van der Waals surface area (Å²) in [5, 5.41) is 14.2. The Morgan fingerprint density at radius 2 is 1.88 bits per heavy atom. The van der Waals surface area contributed by atoms with Crippen molar-refractivity contribution in [2.75, 3.05) is 13.2 Å². The van der Waals surface area contributed by atoms with E-state index < -0.39 is 8.32 Å². The molecule has 1 aliphatic heterocycles. The zero-order valence-corrected chi connectivity index (χ0v) is 33.9. The van der Waals surface area contributed by atoms with Crippen LogP contribution in [0.25, 0.3) is 33.0 Å². The van der Waals surface area contributed by atoms with Gasteiger partial charge in [0.05, 0.1) is 41.2 Å². The Morgan fingerprint density at radius 3 is 2.62 bits per heavy atom. The van der Waals surface area contributed by atoms with Gasteiger partial charge < -0.3 is 19.2 Å². The van der Waals surface area contributed by atoms with Gasteiger partial charge in [0.15, 0.2) is 14.6 Å². The van der Waals surface area contributed by atoms with Crippen molar-refractivity contribution in [1.82, 2.24) is 34.8 Å². The third kappa shape index (κ3) is 8.55. The molecule has 52 heavy (non-hydrogen) atoms.